The maximum atomic E-state index is 6.19. The Kier molecular flexibility index (Phi) is 2.13. The molecule has 2 bridgehead atoms. The smallest absolute Gasteiger partial charge is 0.225 e. The molecule has 2 aliphatic rings. The zero-order valence-corrected chi connectivity index (χ0v) is 10.5. The predicted octanol–water partition coefficient (Wildman–Crippen LogP) is 2.83. The molecule has 4 rings (SSSR count). The Morgan fingerprint density at radius 1 is 1.33 bits per heavy atom. The summed E-state index contributed by atoms with van der Waals surface area (Å²) >= 11 is 0. The minimum absolute atomic E-state index is 0.371. The van der Waals surface area contributed by atoms with Gasteiger partial charge in [0.2, 0.25) is 5.88 Å². The lowest BCUT2D eigenvalue weighted by Gasteiger charge is -2.22. The molecular weight excluding hydrogens is 226 g/mol. The van der Waals surface area contributed by atoms with E-state index in [-0.39, 0.29) is 0 Å². The van der Waals surface area contributed by atoms with E-state index in [0.717, 1.165) is 34.3 Å². The van der Waals surface area contributed by atoms with Gasteiger partial charge < -0.3 is 4.74 Å². The number of ether oxygens (including phenoxy) is 1. The van der Waals surface area contributed by atoms with Crippen LogP contribution in [0.5, 0.6) is 5.88 Å². The van der Waals surface area contributed by atoms with E-state index in [2.05, 4.69) is 15.2 Å². The number of hydrogen-bond acceptors (Lipinski definition) is 3. The molecule has 2 aromatic rings. The number of aryl methyl sites for hydroxylation is 1. The molecule has 1 N–H and O–H groups in total. The topological polar surface area (TPSA) is 50.8 Å². The Bertz CT molecular complexity index is 592. The van der Waals surface area contributed by atoms with Crippen LogP contribution in [0, 0.1) is 18.8 Å². The van der Waals surface area contributed by atoms with E-state index >= 15 is 0 Å². The third-order valence-electron chi connectivity index (χ3n) is 4.55. The van der Waals surface area contributed by atoms with Crippen molar-refractivity contribution in [3.05, 3.63) is 18.0 Å². The zero-order chi connectivity index (χ0) is 12.1. The van der Waals surface area contributed by atoms with Crippen molar-refractivity contribution in [2.75, 3.05) is 0 Å². The third kappa shape index (κ3) is 1.44. The van der Waals surface area contributed by atoms with Gasteiger partial charge in [0.1, 0.15) is 6.10 Å². The maximum Gasteiger partial charge on any atom is 0.225 e. The molecular formula is C14H17N3O. The average Bonchev–Trinajstić information content (AvgIpc) is 3.06. The van der Waals surface area contributed by atoms with Gasteiger partial charge in [-0.2, -0.15) is 5.10 Å². The molecule has 2 heterocycles. The first-order valence-corrected chi connectivity index (χ1v) is 6.77. The molecule has 2 aliphatic carbocycles. The molecule has 0 unspecified atom stereocenters. The Hall–Kier alpha value is -1.58. The Morgan fingerprint density at radius 3 is 3.06 bits per heavy atom. The number of aromatic nitrogens is 3. The van der Waals surface area contributed by atoms with Crippen LogP contribution in [0.2, 0.25) is 0 Å². The molecule has 2 fully saturated rings. The van der Waals surface area contributed by atoms with Crippen LogP contribution in [-0.4, -0.2) is 21.3 Å². The molecule has 0 saturated heterocycles. The van der Waals surface area contributed by atoms with E-state index < -0.39 is 0 Å². The van der Waals surface area contributed by atoms with Gasteiger partial charge in [-0.05, 0) is 50.5 Å². The van der Waals surface area contributed by atoms with Crippen molar-refractivity contribution < 1.29 is 4.74 Å². The summed E-state index contributed by atoms with van der Waals surface area (Å²) in [5.41, 5.74) is 1.98. The summed E-state index contributed by atoms with van der Waals surface area (Å²) in [5, 5.41) is 8.30. The van der Waals surface area contributed by atoms with Crippen LogP contribution in [0.25, 0.3) is 10.9 Å². The molecule has 94 valence electrons. The van der Waals surface area contributed by atoms with Crippen molar-refractivity contribution in [2.24, 2.45) is 11.8 Å². The Labute approximate surface area is 106 Å². The second-order valence-corrected chi connectivity index (χ2v) is 5.69. The largest absolute Gasteiger partial charge is 0.474 e. The highest BCUT2D eigenvalue weighted by molar-refractivity contribution is 5.85. The summed E-state index contributed by atoms with van der Waals surface area (Å²) in [6.07, 6.45) is 7.44. The molecule has 4 nitrogen and oxygen atoms in total. The third-order valence-corrected chi connectivity index (χ3v) is 4.55. The van der Waals surface area contributed by atoms with Gasteiger partial charge in [0.15, 0.2) is 0 Å². The van der Waals surface area contributed by atoms with Crippen molar-refractivity contribution in [3.63, 3.8) is 0 Å². The SMILES string of the molecule is Cc1[nH]nc2ccnc(O[C@H]3C[C@H]4CC[C@@H]3C4)c12. The molecule has 0 aliphatic heterocycles. The maximum absolute atomic E-state index is 6.19. The van der Waals surface area contributed by atoms with Gasteiger partial charge >= 0.3 is 0 Å². The fourth-order valence-electron chi connectivity index (χ4n) is 3.64. The fraction of sp³-hybridized carbons (Fsp3) is 0.571. The number of pyridine rings is 1. The van der Waals surface area contributed by atoms with Crippen LogP contribution in [0.1, 0.15) is 31.4 Å². The fourth-order valence-corrected chi connectivity index (χ4v) is 3.64. The number of fused-ring (bicyclic) bond motifs is 3. The van der Waals surface area contributed by atoms with Crippen LogP contribution in [0.4, 0.5) is 0 Å². The van der Waals surface area contributed by atoms with Gasteiger partial charge in [-0.3, -0.25) is 5.10 Å². The summed E-state index contributed by atoms with van der Waals surface area (Å²) in [6.45, 7) is 2.02. The van der Waals surface area contributed by atoms with Crippen LogP contribution in [0.3, 0.4) is 0 Å². The number of nitrogens with one attached hydrogen (secondary N) is 1. The second-order valence-electron chi connectivity index (χ2n) is 5.69. The van der Waals surface area contributed by atoms with Gasteiger partial charge in [0.05, 0.1) is 10.9 Å². The van der Waals surface area contributed by atoms with Crippen LogP contribution >= 0.6 is 0 Å². The summed E-state index contributed by atoms with van der Waals surface area (Å²) in [6, 6.07) is 1.92. The molecule has 4 heteroatoms. The molecule has 0 aromatic carbocycles. The standard InChI is InChI=1S/C14H17N3O/c1-8-13-11(17-16-8)4-5-15-14(13)18-12-7-9-2-3-10(12)6-9/h4-5,9-10,12H,2-3,6-7H2,1H3,(H,16,17)/t9-,10+,12-/m0/s1. The molecule has 2 aromatic heterocycles. The average molecular weight is 243 g/mol. The second kappa shape index (κ2) is 3.70. The zero-order valence-electron chi connectivity index (χ0n) is 10.5. The summed E-state index contributed by atoms with van der Waals surface area (Å²) in [4.78, 5) is 4.40. The summed E-state index contributed by atoms with van der Waals surface area (Å²) in [7, 11) is 0. The number of nitrogens with zero attached hydrogens (tertiary/aromatic N) is 2. The molecule has 0 spiro atoms. The van der Waals surface area contributed by atoms with E-state index in [1.54, 1.807) is 6.20 Å². The number of hydrogen-bond donors (Lipinski definition) is 1. The summed E-state index contributed by atoms with van der Waals surface area (Å²) in [5.74, 6) is 2.40. The highest BCUT2D eigenvalue weighted by Crippen LogP contribution is 2.46. The molecule has 2 saturated carbocycles. The lowest BCUT2D eigenvalue weighted by molar-refractivity contribution is 0.134. The van der Waals surface area contributed by atoms with Gasteiger partial charge in [-0.1, -0.05) is 0 Å². The van der Waals surface area contributed by atoms with Gasteiger partial charge in [-0.15, -0.1) is 0 Å². The van der Waals surface area contributed by atoms with E-state index in [9.17, 15) is 0 Å². The molecule has 18 heavy (non-hydrogen) atoms. The van der Waals surface area contributed by atoms with Gasteiger partial charge in [0.25, 0.3) is 0 Å². The van der Waals surface area contributed by atoms with E-state index in [0.29, 0.717) is 6.10 Å². The minimum Gasteiger partial charge on any atom is -0.474 e. The number of aromatic amines is 1. The predicted molar refractivity (Wildman–Crippen MR) is 68.5 cm³/mol. The van der Waals surface area contributed by atoms with Crippen LogP contribution in [-0.2, 0) is 0 Å². The quantitative estimate of drug-likeness (QED) is 0.882. The van der Waals surface area contributed by atoms with Crippen LogP contribution < -0.4 is 4.74 Å². The van der Waals surface area contributed by atoms with E-state index in [1.807, 2.05) is 13.0 Å². The lowest BCUT2D eigenvalue weighted by atomic mass is 9.98. The molecule has 0 radical (unpaired) electrons. The van der Waals surface area contributed by atoms with Gasteiger partial charge in [-0.25, -0.2) is 4.98 Å². The van der Waals surface area contributed by atoms with Crippen molar-refractivity contribution in [1.82, 2.24) is 15.2 Å². The van der Waals surface area contributed by atoms with E-state index in [1.165, 1.54) is 25.7 Å². The van der Waals surface area contributed by atoms with E-state index in [4.69, 9.17) is 4.74 Å². The van der Waals surface area contributed by atoms with Crippen LogP contribution in [0.15, 0.2) is 12.3 Å². The number of rotatable bonds is 2. The molecule has 0 amide bonds. The first-order valence-electron chi connectivity index (χ1n) is 6.77. The summed E-state index contributed by atoms with van der Waals surface area (Å²) < 4.78 is 6.19. The van der Waals surface area contributed by atoms with Crippen molar-refractivity contribution in [3.8, 4) is 5.88 Å². The van der Waals surface area contributed by atoms with Gasteiger partial charge in [0, 0.05) is 11.9 Å². The first kappa shape index (κ1) is 10.4. The van der Waals surface area contributed by atoms with Crippen molar-refractivity contribution in [2.45, 2.75) is 38.7 Å². The Morgan fingerprint density at radius 2 is 2.28 bits per heavy atom. The highest BCUT2D eigenvalue weighted by atomic mass is 16.5. The van der Waals surface area contributed by atoms with Crippen molar-refractivity contribution >= 4 is 10.9 Å². The Balaban J connectivity index is 1.68. The normalized spacial score (nSPS) is 30.2. The first-order chi connectivity index (χ1) is 8.81. The monoisotopic (exact) mass is 243 g/mol. The highest BCUT2D eigenvalue weighted by Gasteiger charge is 2.41. The van der Waals surface area contributed by atoms with Crippen molar-refractivity contribution in [1.29, 1.82) is 0 Å². The minimum atomic E-state index is 0.371. The number of H-pyrrole nitrogens is 1. The lowest BCUT2D eigenvalue weighted by Crippen LogP contribution is -2.23. The molecule has 3 atom stereocenters.